The van der Waals surface area contributed by atoms with Crippen molar-refractivity contribution < 1.29 is 9.53 Å². The molecule has 3 heteroatoms. The Morgan fingerprint density at radius 2 is 2.00 bits per heavy atom. The molecule has 0 N–H and O–H groups in total. The fourth-order valence-corrected chi connectivity index (χ4v) is 2.77. The van der Waals surface area contributed by atoms with E-state index in [9.17, 15) is 4.79 Å². The van der Waals surface area contributed by atoms with Crippen LogP contribution in [0.15, 0.2) is 22.9 Å². The van der Waals surface area contributed by atoms with Crippen molar-refractivity contribution in [2.45, 2.75) is 46.0 Å². The number of carbonyl (C=O) groups excluding carboxylic acids is 1. The molecule has 18 heavy (non-hydrogen) atoms. The summed E-state index contributed by atoms with van der Waals surface area (Å²) in [6.45, 7) is 6.68. The van der Waals surface area contributed by atoms with E-state index in [1.807, 2.05) is 13.8 Å². The first-order chi connectivity index (χ1) is 8.72. The van der Waals surface area contributed by atoms with Gasteiger partial charge in [0.15, 0.2) is 0 Å². The molecule has 2 rings (SSSR count). The number of hydrogen-bond donors (Lipinski definition) is 0. The molecule has 0 saturated carbocycles. The molecule has 1 heterocycles. The lowest BCUT2D eigenvalue weighted by Crippen LogP contribution is -2.30. The van der Waals surface area contributed by atoms with Crippen LogP contribution in [0.3, 0.4) is 0 Å². The van der Waals surface area contributed by atoms with Gasteiger partial charge in [0, 0.05) is 24.4 Å². The number of likely N-dealkylation sites (tertiary alicyclic amines) is 1. The second-order valence-electron chi connectivity index (χ2n) is 5.07. The number of hydrogen-bond acceptors (Lipinski definition) is 3. The minimum absolute atomic E-state index is 0.135. The average Bonchev–Trinajstić information content (AvgIpc) is 2.40. The topological polar surface area (TPSA) is 29.5 Å². The average molecular weight is 249 g/mol. The maximum atomic E-state index is 11.8. The summed E-state index contributed by atoms with van der Waals surface area (Å²) in [6, 6.07) is 0. The van der Waals surface area contributed by atoms with Crippen LogP contribution in [0, 0.1) is 0 Å². The molecule has 0 aromatic rings. The van der Waals surface area contributed by atoms with E-state index in [1.54, 1.807) is 0 Å². The lowest BCUT2D eigenvalue weighted by atomic mass is 9.95. The Kier molecular flexibility index (Phi) is 4.45. The monoisotopic (exact) mass is 249 g/mol. The SMILES string of the molecule is CCOC(=O)C1=C(C)C=C(N2CCCCC2)CC1. The zero-order valence-corrected chi connectivity index (χ0v) is 11.5. The Morgan fingerprint density at radius 1 is 1.28 bits per heavy atom. The predicted octanol–water partition coefficient (Wildman–Crippen LogP) is 3.03. The molecular formula is C15H23NO2. The number of nitrogens with zero attached hydrogens (tertiary/aromatic N) is 1. The molecule has 0 atom stereocenters. The zero-order chi connectivity index (χ0) is 13.0. The number of piperidine rings is 1. The van der Waals surface area contributed by atoms with Crippen molar-refractivity contribution in [1.82, 2.24) is 4.90 Å². The van der Waals surface area contributed by atoms with Gasteiger partial charge in [0.2, 0.25) is 0 Å². The van der Waals surface area contributed by atoms with E-state index in [-0.39, 0.29) is 5.97 Å². The van der Waals surface area contributed by atoms with Gasteiger partial charge in [0.1, 0.15) is 0 Å². The molecule has 3 nitrogen and oxygen atoms in total. The number of ether oxygens (including phenoxy) is 1. The van der Waals surface area contributed by atoms with Crippen molar-refractivity contribution in [3.05, 3.63) is 22.9 Å². The van der Waals surface area contributed by atoms with Crippen LogP contribution < -0.4 is 0 Å². The molecule has 0 bridgehead atoms. The second kappa shape index (κ2) is 6.07. The van der Waals surface area contributed by atoms with Crippen molar-refractivity contribution in [3.63, 3.8) is 0 Å². The van der Waals surface area contributed by atoms with Crippen molar-refractivity contribution in [1.29, 1.82) is 0 Å². The van der Waals surface area contributed by atoms with E-state index in [0.29, 0.717) is 6.61 Å². The van der Waals surface area contributed by atoms with E-state index in [1.165, 1.54) is 38.0 Å². The van der Waals surface area contributed by atoms with Gasteiger partial charge in [-0.1, -0.05) is 0 Å². The third kappa shape index (κ3) is 2.95. The van der Waals surface area contributed by atoms with Crippen LogP contribution >= 0.6 is 0 Å². The Morgan fingerprint density at radius 3 is 2.61 bits per heavy atom. The zero-order valence-electron chi connectivity index (χ0n) is 11.5. The molecule has 0 aromatic carbocycles. The summed E-state index contributed by atoms with van der Waals surface area (Å²) in [5.74, 6) is -0.135. The Hall–Kier alpha value is -1.25. The summed E-state index contributed by atoms with van der Waals surface area (Å²) < 4.78 is 5.09. The summed E-state index contributed by atoms with van der Waals surface area (Å²) in [5, 5.41) is 0. The highest BCUT2D eigenvalue weighted by Crippen LogP contribution is 2.28. The van der Waals surface area contributed by atoms with Crippen LogP contribution in [-0.2, 0) is 9.53 Å². The molecule has 0 amide bonds. The number of esters is 1. The second-order valence-corrected chi connectivity index (χ2v) is 5.07. The number of carbonyl (C=O) groups is 1. The molecule has 1 fully saturated rings. The predicted molar refractivity (Wildman–Crippen MR) is 72.1 cm³/mol. The van der Waals surface area contributed by atoms with Gasteiger partial charge >= 0.3 is 5.97 Å². The molecular weight excluding hydrogens is 226 g/mol. The highest BCUT2D eigenvalue weighted by atomic mass is 16.5. The molecule has 0 spiro atoms. The van der Waals surface area contributed by atoms with Crippen LogP contribution in [0.1, 0.15) is 46.0 Å². The summed E-state index contributed by atoms with van der Waals surface area (Å²) in [4.78, 5) is 14.2. The van der Waals surface area contributed by atoms with Gasteiger partial charge in [-0.25, -0.2) is 4.79 Å². The molecule has 100 valence electrons. The van der Waals surface area contributed by atoms with Crippen LogP contribution in [0.25, 0.3) is 0 Å². The van der Waals surface area contributed by atoms with E-state index >= 15 is 0 Å². The molecule has 0 radical (unpaired) electrons. The lowest BCUT2D eigenvalue weighted by Gasteiger charge is -2.33. The van der Waals surface area contributed by atoms with Crippen LogP contribution in [0.2, 0.25) is 0 Å². The summed E-state index contributed by atoms with van der Waals surface area (Å²) in [6.07, 6.45) is 7.93. The third-order valence-electron chi connectivity index (χ3n) is 3.77. The normalized spacial score (nSPS) is 20.8. The summed E-state index contributed by atoms with van der Waals surface area (Å²) >= 11 is 0. The summed E-state index contributed by atoms with van der Waals surface area (Å²) in [5.41, 5.74) is 3.35. The highest BCUT2D eigenvalue weighted by Gasteiger charge is 2.21. The Bertz CT molecular complexity index is 376. The van der Waals surface area contributed by atoms with Gasteiger partial charge in [-0.15, -0.1) is 0 Å². The number of rotatable bonds is 3. The van der Waals surface area contributed by atoms with E-state index in [2.05, 4.69) is 11.0 Å². The van der Waals surface area contributed by atoms with Crippen LogP contribution in [0.4, 0.5) is 0 Å². The first kappa shape index (κ1) is 13.2. The largest absolute Gasteiger partial charge is 0.463 e. The standard InChI is InChI=1S/C15H23NO2/c1-3-18-15(17)14-8-7-13(11-12(14)2)16-9-5-4-6-10-16/h11H,3-10H2,1-2H3. The molecule has 1 aliphatic carbocycles. The van der Waals surface area contributed by atoms with Gasteiger partial charge in [-0.3, -0.25) is 0 Å². The maximum Gasteiger partial charge on any atom is 0.334 e. The molecule has 1 aliphatic heterocycles. The third-order valence-corrected chi connectivity index (χ3v) is 3.77. The van der Waals surface area contributed by atoms with Crippen LogP contribution in [0.5, 0.6) is 0 Å². The van der Waals surface area contributed by atoms with E-state index in [4.69, 9.17) is 4.74 Å². The minimum atomic E-state index is -0.135. The number of allylic oxidation sites excluding steroid dienone is 3. The van der Waals surface area contributed by atoms with Crippen molar-refractivity contribution in [2.24, 2.45) is 0 Å². The highest BCUT2D eigenvalue weighted by molar-refractivity contribution is 5.90. The Labute approximate surface area is 109 Å². The minimum Gasteiger partial charge on any atom is -0.463 e. The van der Waals surface area contributed by atoms with Crippen molar-refractivity contribution in [3.8, 4) is 0 Å². The molecule has 1 saturated heterocycles. The lowest BCUT2D eigenvalue weighted by molar-refractivity contribution is -0.138. The Balaban J connectivity index is 2.08. The van der Waals surface area contributed by atoms with Crippen molar-refractivity contribution in [2.75, 3.05) is 19.7 Å². The van der Waals surface area contributed by atoms with Crippen LogP contribution in [-0.4, -0.2) is 30.6 Å². The fraction of sp³-hybridized carbons (Fsp3) is 0.667. The van der Waals surface area contributed by atoms with Gasteiger partial charge in [-0.05, 0) is 57.6 Å². The van der Waals surface area contributed by atoms with E-state index < -0.39 is 0 Å². The van der Waals surface area contributed by atoms with Gasteiger partial charge in [-0.2, -0.15) is 0 Å². The molecule has 0 unspecified atom stereocenters. The fourth-order valence-electron chi connectivity index (χ4n) is 2.77. The first-order valence-corrected chi connectivity index (χ1v) is 7.04. The maximum absolute atomic E-state index is 11.8. The quantitative estimate of drug-likeness (QED) is 0.720. The smallest absolute Gasteiger partial charge is 0.334 e. The molecule has 0 aromatic heterocycles. The van der Waals surface area contributed by atoms with Gasteiger partial charge < -0.3 is 9.64 Å². The summed E-state index contributed by atoms with van der Waals surface area (Å²) in [7, 11) is 0. The molecule has 2 aliphatic rings. The van der Waals surface area contributed by atoms with E-state index in [0.717, 1.165) is 24.0 Å². The van der Waals surface area contributed by atoms with Gasteiger partial charge in [0.05, 0.1) is 6.61 Å². The van der Waals surface area contributed by atoms with Crippen molar-refractivity contribution >= 4 is 5.97 Å². The first-order valence-electron chi connectivity index (χ1n) is 7.04. The van der Waals surface area contributed by atoms with Gasteiger partial charge in [0.25, 0.3) is 0 Å².